The smallest absolute Gasteiger partial charge is 0.248 e. The highest BCUT2D eigenvalue weighted by atomic mass is 35.5. The molecule has 34 heavy (non-hydrogen) atoms. The van der Waals surface area contributed by atoms with E-state index in [4.69, 9.17) is 0 Å². The molecule has 1 atom stereocenters. The molecule has 186 valence electrons. The van der Waals surface area contributed by atoms with Gasteiger partial charge in [-0.05, 0) is 74.9 Å². The van der Waals surface area contributed by atoms with E-state index in [1.165, 1.54) is 12.1 Å². The number of nitrogens with zero attached hydrogens (tertiary/aromatic N) is 4. The summed E-state index contributed by atoms with van der Waals surface area (Å²) in [6, 6.07) is 6.22. The molecule has 1 saturated heterocycles. The lowest BCUT2D eigenvalue weighted by Crippen LogP contribution is -2.54. The van der Waals surface area contributed by atoms with Crippen LogP contribution in [0.15, 0.2) is 24.3 Å². The molecule has 2 aromatic rings. The Hall–Kier alpha value is -2.35. The molecule has 0 bridgehead atoms. The van der Waals surface area contributed by atoms with Gasteiger partial charge in [0.2, 0.25) is 11.8 Å². The van der Waals surface area contributed by atoms with Gasteiger partial charge >= 0.3 is 0 Å². The molecular weight excluding hydrogens is 465 g/mol. The molecule has 2 fully saturated rings. The molecule has 5 nitrogen and oxygen atoms in total. The Morgan fingerprint density at radius 2 is 1.71 bits per heavy atom. The van der Waals surface area contributed by atoms with Gasteiger partial charge in [0.05, 0.1) is 5.69 Å². The molecule has 2 aliphatic rings. The molecule has 0 radical (unpaired) electrons. The van der Waals surface area contributed by atoms with Crippen LogP contribution in [0, 0.1) is 25.6 Å². The molecule has 0 unspecified atom stereocenters. The second kappa shape index (κ2) is 10.5. The number of alkyl halides is 2. The molecule has 0 spiro atoms. The van der Waals surface area contributed by atoms with Gasteiger partial charge in [-0.15, -0.1) is 22.6 Å². The number of piperazine rings is 1. The minimum atomic E-state index is -2.57. The monoisotopic (exact) mass is 496 g/mol. The third kappa shape index (κ3) is 5.65. The van der Waals surface area contributed by atoms with Crippen LogP contribution in [-0.2, 0) is 4.79 Å². The highest BCUT2D eigenvalue weighted by Gasteiger charge is 2.37. The van der Waals surface area contributed by atoms with E-state index in [9.17, 15) is 18.0 Å². The number of amides is 1. The molecule has 1 saturated carbocycles. The van der Waals surface area contributed by atoms with Gasteiger partial charge in [-0.2, -0.15) is 0 Å². The number of rotatable bonds is 4. The third-order valence-electron chi connectivity index (χ3n) is 7.16. The number of aromatic nitrogens is 2. The molecule has 4 rings (SSSR count). The Bertz CT molecular complexity index is 1010. The molecule has 2 heterocycles. The van der Waals surface area contributed by atoms with Gasteiger partial charge < -0.3 is 9.80 Å². The fourth-order valence-corrected chi connectivity index (χ4v) is 4.96. The quantitative estimate of drug-likeness (QED) is 0.555. The Morgan fingerprint density at radius 3 is 2.32 bits per heavy atom. The number of halogens is 4. The van der Waals surface area contributed by atoms with Crippen LogP contribution < -0.4 is 4.90 Å². The van der Waals surface area contributed by atoms with E-state index >= 15 is 0 Å². The number of anilines is 1. The Balaban J connectivity index is 0.00000324. The Kier molecular flexibility index (Phi) is 8.11. The molecule has 1 amide bonds. The van der Waals surface area contributed by atoms with Crippen molar-refractivity contribution in [3.05, 3.63) is 41.2 Å². The topological polar surface area (TPSA) is 49.3 Å². The maximum absolute atomic E-state index is 13.4. The van der Waals surface area contributed by atoms with Gasteiger partial charge in [0.25, 0.3) is 0 Å². The summed E-state index contributed by atoms with van der Waals surface area (Å²) >= 11 is 0. The molecule has 9 heteroatoms. The zero-order valence-electron chi connectivity index (χ0n) is 19.9. The summed E-state index contributed by atoms with van der Waals surface area (Å²) in [5, 5.41) is 8.91. The van der Waals surface area contributed by atoms with Gasteiger partial charge in [0.1, 0.15) is 5.82 Å². The zero-order chi connectivity index (χ0) is 23.8. The maximum atomic E-state index is 13.4. The second-order valence-electron chi connectivity index (χ2n) is 9.51. The minimum absolute atomic E-state index is 0. The van der Waals surface area contributed by atoms with Crippen LogP contribution in [0.1, 0.15) is 50.2 Å². The van der Waals surface area contributed by atoms with Gasteiger partial charge in [0, 0.05) is 50.5 Å². The van der Waals surface area contributed by atoms with E-state index in [0.29, 0.717) is 38.9 Å². The van der Waals surface area contributed by atoms with Crippen molar-refractivity contribution in [1.29, 1.82) is 0 Å². The first-order valence-electron chi connectivity index (χ1n) is 11.7. The summed E-state index contributed by atoms with van der Waals surface area (Å²) in [4.78, 5) is 16.9. The van der Waals surface area contributed by atoms with Crippen molar-refractivity contribution in [2.24, 2.45) is 5.92 Å². The van der Waals surface area contributed by atoms with Crippen molar-refractivity contribution < 1.29 is 18.0 Å². The predicted octanol–water partition coefficient (Wildman–Crippen LogP) is 5.57. The number of hydrogen-bond donors (Lipinski definition) is 0. The molecule has 0 N–H and O–H groups in total. The van der Waals surface area contributed by atoms with Crippen LogP contribution in [-0.4, -0.2) is 52.6 Å². The summed E-state index contributed by atoms with van der Waals surface area (Å²) in [6.07, 6.45) is 0.965. The van der Waals surface area contributed by atoms with Crippen molar-refractivity contribution in [1.82, 2.24) is 15.1 Å². The minimum Gasteiger partial charge on any atom is -0.351 e. The van der Waals surface area contributed by atoms with Gasteiger partial charge in [-0.1, -0.05) is 0 Å². The lowest BCUT2D eigenvalue weighted by molar-refractivity contribution is -0.135. The number of hydrogen-bond acceptors (Lipinski definition) is 4. The fourth-order valence-electron chi connectivity index (χ4n) is 4.96. The zero-order valence-corrected chi connectivity index (χ0v) is 20.7. The van der Waals surface area contributed by atoms with Crippen LogP contribution in [0.3, 0.4) is 0 Å². The molecular formula is C25H32ClF3N4O. The molecule has 1 aromatic heterocycles. The van der Waals surface area contributed by atoms with E-state index < -0.39 is 5.92 Å². The van der Waals surface area contributed by atoms with Crippen LogP contribution >= 0.6 is 12.4 Å². The van der Waals surface area contributed by atoms with Gasteiger partial charge in [-0.3, -0.25) is 4.79 Å². The number of benzene rings is 1. The van der Waals surface area contributed by atoms with E-state index in [1.54, 1.807) is 12.1 Å². The van der Waals surface area contributed by atoms with Crippen LogP contribution in [0.4, 0.5) is 19.0 Å². The highest BCUT2D eigenvalue weighted by molar-refractivity contribution is 5.85. The van der Waals surface area contributed by atoms with Crippen molar-refractivity contribution in [3.8, 4) is 11.3 Å². The standard InChI is InChI=1S/C25H31F3N4O.ClH/c1-16-15-31(12-13-32(16)22(33)14-19-8-10-25(27,28)11-9-19)24-18(3)17(2)23(29-30-24)20-4-6-21(26)7-5-20;/h4-7,16,19H,8-15H2,1-3H3;1H/t16-;/m0./s1. The predicted molar refractivity (Wildman–Crippen MR) is 129 cm³/mol. The average molecular weight is 497 g/mol. The number of carbonyl (C=O) groups is 1. The molecule has 1 aliphatic heterocycles. The second-order valence-corrected chi connectivity index (χ2v) is 9.51. The first-order valence-corrected chi connectivity index (χ1v) is 11.7. The van der Waals surface area contributed by atoms with Crippen LogP contribution in [0.5, 0.6) is 0 Å². The van der Waals surface area contributed by atoms with Crippen LogP contribution in [0.25, 0.3) is 11.3 Å². The average Bonchev–Trinajstić information content (AvgIpc) is 2.77. The van der Waals surface area contributed by atoms with Crippen LogP contribution in [0.2, 0.25) is 0 Å². The van der Waals surface area contributed by atoms with E-state index in [-0.39, 0.29) is 48.9 Å². The van der Waals surface area contributed by atoms with Crippen molar-refractivity contribution in [2.75, 3.05) is 24.5 Å². The van der Waals surface area contributed by atoms with Crippen molar-refractivity contribution in [2.45, 2.75) is 64.8 Å². The highest BCUT2D eigenvalue weighted by Crippen LogP contribution is 2.38. The summed E-state index contributed by atoms with van der Waals surface area (Å²) in [7, 11) is 0. The first kappa shape index (κ1) is 26.3. The van der Waals surface area contributed by atoms with E-state index in [2.05, 4.69) is 15.1 Å². The van der Waals surface area contributed by atoms with Gasteiger partial charge in [-0.25, -0.2) is 13.2 Å². The number of carbonyl (C=O) groups excluding carboxylic acids is 1. The SMILES string of the molecule is Cc1c(-c2ccc(F)cc2)nnc(N2CCN(C(=O)CC3CCC(F)(F)CC3)[C@@H](C)C2)c1C.Cl. The summed E-state index contributed by atoms with van der Waals surface area (Å²) in [5.41, 5.74) is 3.56. The normalized spacial score (nSPS) is 20.7. The molecule has 1 aromatic carbocycles. The van der Waals surface area contributed by atoms with E-state index in [1.807, 2.05) is 25.7 Å². The van der Waals surface area contributed by atoms with Crippen molar-refractivity contribution in [3.63, 3.8) is 0 Å². The Morgan fingerprint density at radius 1 is 1.06 bits per heavy atom. The maximum Gasteiger partial charge on any atom is 0.248 e. The van der Waals surface area contributed by atoms with Crippen molar-refractivity contribution >= 4 is 24.1 Å². The lowest BCUT2D eigenvalue weighted by Gasteiger charge is -2.41. The summed E-state index contributed by atoms with van der Waals surface area (Å²) in [6.45, 7) is 7.86. The largest absolute Gasteiger partial charge is 0.351 e. The molecule has 1 aliphatic carbocycles. The third-order valence-corrected chi connectivity index (χ3v) is 7.16. The summed E-state index contributed by atoms with van der Waals surface area (Å²) in [5.74, 6) is -1.95. The first-order chi connectivity index (χ1) is 15.6. The fraction of sp³-hybridized carbons (Fsp3) is 0.560. The lowest BCUT2D eigenvalue weighted by atomic mass is 9.84. The summed E-state index contributed by atoms with van der Waals surface area (Å²) < 4.78 is 40.1. The van der Waals surface area contributed by atoms with E-state index in [0.717, 1.165) is 28.2 Å². The van der Waals surface area contributed by atoms with Gasteiger partial charge in [0.15, 0.2) is 5.82 Å². The Labute approximate surface area is 205 Å².